The fourth-order valence-electron chi connectivity index (χ4n) is 3.59. The van der Waals surface area contributed by atoms with Crippen molar-refractivity contribution in [3.8, 4) is 5.75 Å². The highest BCUT2D eigenvalue weighted by atomic mass is 35.5. The summed E-state index contributed by atoms with van der Waals surface area (Å²) >= 11 is 5.96. The second kappa shape index (κ2) is 10.2. The summed E-state index contributed by atoms with van der Waals surface area (Å²) in [6.45, 7) is 4.39. The molecule has 182 valence electrons. The molecule has 1 N–H and O–H groups in total. The maximum Gasteiger partial charge on any atom is 0.264 e. The standard InChI is InChI=1S/C22H29ClN2O6S2/c1-16(2)14-25(18-6-4-17(23)5-7-18)33(29,30)20-10-8-19(9-11-20)31-22-12-13-24(15-21(22)26)32(3,27)28/h4-11,16,21-22,26H,12-15H2,1-3H3. The van der Waals surface area contributed by atoms with Gasteiger partial charge in [0.15, 0.2) is 0 Å². The zero-order valence-corrected chi connectivity index (χ0v) is 21.1. The van der Waals surface area contributed by atoms with E-state index in [2.05, 4.69) is 0 Å². The molecule has 8 nitrogen and oxygen atoms in total. The van der Waals surface area contributed by atoms with Gasteiger partial charge in [0.1, 0.15) is 18.0 Å². The van der Waals surface area contributed by atoms with E-state index in [9.17, 15) is 21.9 Å². The van der Waals surface area contributed by atoms with Crippen LogP contribution in [0.1, 0.15) is 20.3 Å². The lowest BCUT2D eigenvalue weighted by Gasteiger charge is -2.34. The average molecular weight is 517 g/mol. The minimum atomic E-state index is -3.83. The molecule has 1 saturated heterocycles. The predicted molar refractivity (Wildman–Crippen MR) is 129 cm³/mol. The molecule has 1 heterocycles. The Morgan fingerprint density at radius 1 is 1.09 bits per heavy atom. The number of nitrogens with zero attached hydrogens (tertiary/aromatic N) is 2. The van der Waals surface area contributed by atoms with Crippen molar-refractivity contribution < 1.29 is 26.7 Å². The zero-order chi connectivity index (χ0) is 24.4. The van der Waals surface area contributed by atoms with Crippen molar-refractivity contribution in [2.24, 2.45) is 5.92 Å². The van der Waals surface area contributed by atoms with E-state index in [1.807, 2.05) is 13.8 Å². The zero-order valence-electron chi connectivity index (χ0n) is 18.8. The summed E-state index contributed by atoms with van der Waals surface area (Å²) in [6.07, 6.45) is -0.139. The number of ether oxygens (including phenoxy) is 1. The summed E-state index contributed by atoms with van der Waals surface area (Å²) in [5, 5.41) is 10.8. The number of sulfonamides is 2. The number of anilines is 1. The van der Waals surface area contributed by atoms with Crippen molar-refractivity contribution in [2.75, 3.05) is 30.2 Å². The van der Waals surface area contributed by atoms with Crippen molar-refractivity contribution in [3.63, 3.8) is 0 Å². The van der Waals surface area contributed by atoms with Gasteiger partial charge in [0, 0.05) is 31.1 Å². The molecule has 3 rings (SSSR count). The van der Waals surface area contributed by atoms with E-state index in [4.69, 9.17) is 16.3 Å². The van der Waals surface area contributed by atoms with E-state index in [0.29, 0.717) is 29.4 Å². The lowest BCUT2D eigenvalue weighted by molar-refractivity contribution is -0.00449. The van der Waals surface area contributed by atoms with Crippen LogP contribution in [-0.4, -0.2) is 64.3 Å². The molecule has 1 aliphatic heterocycles. The van der Waals surface area contributed by atoms with E-state index < -0.39 is 32.3 Å². The van der Waals surface area contributed by atoms with Crippen LogP contribution in [0.2, 0.25) is 5.02 Å². The van der Waals surface area contributed by atoms with Crippen LogP contribution in [0.5, 0.6) is 5.75 Å². The average Bonchev–Trinajstić information content (AvgIpc) is 2.73. The van der Waals surface area contributed by atoms with Gasteiger partial charge in [0.25, 0.3) is 10.0 Å². The van der Waals surface area contributed by atoms with Gasteiger partial charge in [-0.15, -0.1) is 0 Å². The van der Waals surface area contributed by atoms with E-state index in [1.165, 1.54) is 32.9 Å². The summed E-state index contributed by atoms with van der Waals surface area (Å²) in [6, 6.07) is 12.6. The molecule has 2 unspecified atom stereocenters. The lowest BCUT2D eigenvalue weighted by Crippen LogP contribution is -2.50. The second-order valence-corrected chi connectivity index (χ2v) is 12.8. The Balaban J connectivity index is 1.77. The van der Waals surface area contributed by atoms with E-state index >= 15 is 0 Å². The lowest BCUT2D eigenvalue weighted by atomic mass is 10.1. The van der Waals surface area contributed by atoms with Crippen molar-refractivity contribution in [3.05, 3.63) is 53.6 Å². The van der Waals surface area contributed by atoms with Crippen LogP contribution in [0.3, 0.4) is 0 Å². The molecule has 1 aliphatic rings. The first-order chi connectivity index (χ1) is 15.4. The SMILES string of the molecule is CC(C)CN(c1ccc(Cl)cc1)S(=O)(=O)c1ccc(OC2CCN(S(C)(=O)=O)CC2O)cc1. The van der Waals surface area contributed by atoms with Gasteiger partial charge < -0.3 is 9.84 Å². The van der Waals surface area contributed by atoms with E-state index in [0.717, 1.165) is 6.26 Å². The number of piperidine rings is 1. The van der Waals surface area contributed by atoms with Crippen LogP contribution >= 0.6 is 11.6 Å². The minimum Gasteiger partial charge on any atom is -0.488 e. The summed E-state index contributed by atoms with van der Waals surface area (Å²) in [7, 11) is -7.21. The molecule has 0 saturated carbocycles. The molecule has 1 fully saturated rings. The minimum absolute atomic E-state index is 0.0405. The quantitative estimate of drug-likeness (QED) is 0.578. The number of hydrogen-bond donors (Lipinski definition) is 1. The normalized spacial score (nSPS) is 20.1. The molecule has 11 heteroatoms. The Hall–Kier alpha value is -1.85. The van der Waals surface area contributed by atoms with Gasteiger partial charge in [-0.05, 0) is 54.4 Å². The highest BCUT2D eigenvalue weighted by Gasteiger charge is 2.33. The van der Waals surface area contributed by atoms with E-state index in [-0.39, 0.29) is 23.9 Å². The van der Waals surface area contributed by atoms with Crippen LogP contribution < -0.4 is 9.04 Å². The fraction of sp³-hybridized carbons (Fsp3) is 0.455. The summed E-state index contributed by atoms with van der Waals surface area (Å²) in [5.41, 5.74) is 0.522. The first-order valence-electron chi connectivity index (χ1n) is 10.6. The van der Waals surface area contributed by atoms with Gasteiger partial charge in [0.05, 0.1) is 16.8 Å². The van der Waals surface area contributed by atoms with Gasteiger partial charge in [-0.3, -0.25) is 4.31 Å². The largest absolute Gasteiger partial charge is 0.488 e. The Morgan fingerprint density at radius 3 is 2.21 bits per heavy atom. The third kappa shape index (κ3) is 6.39. The maximum atomic E-state index is 13.4. The second-order valence-electron chi connectivity index (χ2n) is 8.51. The van der Waals surface area contributed by atoms with Crippen LogP contribution in [0.15, 0.2) is 53.4 Å². The topological polar surface area (TPSA) is 104 Å². The molecule has 2 aromatic rings. The fourth-order valence-corrected chi connectivity index (χ4v) is 6.21. The number of rotatable bonds is 8. The van der Waals surface area contributed by atoms with Crippen LogP contribution in [0, 0.1) is 5.92 Å². The van der Waals surface area contributed by atoms with Crippen molar-refractivity contribution >= 4 is 37.3 Å². The first-order valence-corrected chi connectivity index (χ1v) is 14.2. The molecule has 2 atom stereocenters. The highest BCUT2D eigenvalue weighted by Crippen LogP contribution is 2.28. The summed E-state index contributed by atoms with van der Waals surface area (Å²) in [5.74, 6) is 0.491. The first kappa shape index (κ1) is 25.8. The Kier molecular flexibility index (Phi) is 7.95. The van der Waals surface area contributed by atoms with Gasteiger partial charge in [-0.25, -0.2) is 16.8 Å². The molecule has 0 bridgehead atoms. The molecule has 2 aromatic carbocycles. The van der Waals surface area contributed by atoms with Gasteiger partial charge in [-0.1, -0.05) is 25.4 Å². The molecule has 0 aliphatic carbocycles. The van der Waals surface area contributed by atoms with Gasteiger partial charge >= 0.3 is 0 Å². The van der Waals surface area contributed by atoms with Crippen LogP contribution in [0.25, 0.3) is 0 Å². The number of benzene rings is 2. The smallest absolute Gasteiger partial charge is 0.264 e. The maximum absolute atomic E-state index is 13.4. The van der Waals surface area contributed by atoms with Crippen molar-refractivity contribution in [1.29, 1.82) is 0 Å². The van der Waals surface area contributed by atoms with Gasteiger partial charge in [0.2, 0.25) is 10.0 Å². The Morgan fingerprint density at radius 2 is 1.70 bits per heavy atom. The number of halogens is 1. The number of hydrogen-bond acceptors (Lipinski definition) is 6. The number of aliphatic hydroxyl groups is 1. The molecular weight excluding hydrogens is 488 g/mol. The molecule has 33 heavy (non-hydrogen) atoms. The monoisotopic (exact) mass is 516 g/mol. The predicted octanol–water partition coefficient (Wildman–Crippen LogP) is 2.96. The van der Waals surface area contributed by atoms with Gasteiger partial charge in [-0.2, -0.15) is 4.31 Å². The van der Waals surface area contributed by atoms with Crippen molar-refractivity contribution in [2.45, 2.75) is 37.4 Å². The number of aliphatic hydroxyl groups excluding tert-OH is 1. The summed E-state index contributed by atoms with van der Waals surface area (Å²) in [4.78, 5) is 0.109. The Bertz CT molecular complexity index is 1150. The van der Waals surface area contributed by atoms with Crippen LogP contribution in [0.4, 0.5) is 5.69 Å². The molecule has 0 radical (unpaired) electrons. The van der Waals surface area contributed by atoms with Crippen LogP contribution in [-0.2, 0) is 20.0 Å². The highest BCUT2D eigenvalue weighted by molar-refractivity contribution is 7.92. The number of β-amino-alcohol motifs (C(OH)–C–C–N with tert-alkyl or cyclic N) is 1. The third-order valence-electron chi connectivity index (χ3n) is 5.30. The Labute approximate surface area is 200 Å². The summed E-state index contributed by atoms with van der Waals surface area (Å²) < 4.78 is 58.5. The third-order valence-corrected chi connectivity index (χ3v) is 8.63. The molecule has 0 aromatic heterocycles. The molecular formula is C22H29ClN2O6S2. The molecule has 0 spiro atoms. The van der Waals surface area contributed by atoms with E-state index in [1.54, 1.807) is 24.3 Å². The molecule has 0 amide bonds. The van der Waals surface area contributed by atoms with Crippen molar-refractivity contribution in [1.82, 2.24) is 4.31 Å².